The molecule has 0 aromatic heterocycles. The topological polar surface area (TPSA) is 26.0 Å². The van der Waals surface area contributed by atoms with Crippen molar-refractivity contribution >= 4 is 0 Å². The van der Waals surface area contributed by atoms with Crippen molar-refractivity contribution in [2.45, 2.75) is 45.1 Å². The second-order valence-electron chi connectivity index (χ2n) is 4.07. The van der Waals surface area contributed by atoms with E-state index in [0.29, 0.717) is 12.0 Å². The minimum absolute atomic E-state index is 0.327. The summed E-state index contributed by atoms with van der Waals surface area (Å²) >= 11 is 0. The van der Waals surface area contributed by atoms with Gasteiger partial charge in [-0.25, -0.2) is 0 Å². The molecule has 0 bridgehead atoms. The lowest BCUT2D eigenvalue weighted by Crippen LogP contribution is -2.15. The fourth-order valence-electron chi connectivity index (χ4n) is 1.80. The molecule has 78 valence electrons. The van der Waals surface area contributed by atoms with E-state index in [4.69, 9.17) is 5.73 Å². The van der Waals surface area contributed by atoms with Crippen LogP contribution in [0.1, 0.15) is 44.6 Å². The maximum atomic E-state index is 5.77. The average molecular weight is 191 g/mol. The van der Waals surface area contributed by atoms with Crippen molar-refractivity contribution in [3.63, 3.8) is 0 Å². The summed E-state index contributed by atoms with van der Waals surface area (Å²) in [6.07, 6.45) is 3.53. The molecule has 0 fully saturated rings. The normalized spacial score (nSPS) is 15.1. The third kappa shape index (κ3) is 3.51. The minimum atomic E-state index is 0.327. The molecule has 0 saturated carbocycles. The van der Waals surface area contributed by atoms with Crippen molar-refractivity contribution in [2.24, 2.45) is 5.73 Å². The van der Waals surface area contributed by atoms with Crippen LogP contribution in [0.5, 0.6) is 0 Å². The van der Waals surface area contributed by atoms with Gasteiger partial charge in [0.25, 0.3) is 0 Å². The summed E-state index contributed by atoms with van der Waals surface area (Å²) in [5.74, 6) is 0.683. The number of benzene rings is 1. The second kappa shape index (κ2) is 5.82. The van der Waals surface area contributed by atoms with Crippen molar-refractivity contribution in [1.29, 1.82) is 0 Å². The van der Waals surface area contributed by atoms with Gasteiger partial charge in [0, 0.05) is 6.04 Å². The fraction of sp³-hybridized carbons (Fsp3) is 0.538. The predicted molar refractivity (Wildman–Crippen MR) is 62.4 cm³/mol. The lowest BCUT2D eigenvalue weighted by atomic mass is 9.91. The first-order valence-electron chi connectivity index (χ1n) is 5.54. The molecule has 0 spiro atoms. The third-order valence-electron chi connectivity index (χ3n) is 2.73. The predicted octanol–water partition coefficient (Wildman–Crippen LogP) is 3.31. The Morgan fingerprint density at radius 1 is 1.14 bits per heavy atom. The van der Waals surface area contributed by atoms with E-state index < -0.39 is 0 Å². The van der Waals surface area contributed by atoms with Gasteiger partial charge in [0.05, 0.1) is 0 Å². The highest BCUT2D eigenvalue weighted by molar-refractivity contribution is 5.19. The summed E-state index contributed by atoms with van der Waals surface area (Å²) in [6.45, 7) is 4.33. The maximum Gasteiger partial charge on any atom is 0.00106 e. The molecular formula is C13H21N. The Bertz CT molecular complexity index is 241. The Morgan fingerprint density at radius 3 is 2.29 bits per heavy atom. The molecule has 1 nitrogen and oxygen atoms in total. The van der Waals surface area contributed by atoms with Crippen LogP contribution in [0.3, 0.4) is 0 Å². The van der Waals surface area contributed by atoms with Gasteiger partial charge in [-0.3, -0.25) is 0 Å². The van der Waals surface area contributed by atoms with E-state index in [0.717, 1.165) is 6.42 Å². The number of hydrogen-bond donors (Lipinski definition) is 1. The van der Waals surface area contributed by atoms with Gasteiger partial charge in [0.15, 0.2) is 0 Å². The van der Waals surface area contributed by atoms with Gasteiger partial charge in [-0.1, -0.05) is 37.3 Å². The highest BCUT2D eigenvalue weighted by Crippen LogP contribution is 2.24. The third-order valence-corrected chi connectivity index (χ3v) is 2.73. The van der Waals surface area contributed by atoms with E-state index in [-0.39, 0.29) is 0 Å². The van der Waals surface area contributed by atoms with Crippen LogP contribution in [0, 0.1) is 0 Å². The summed E-state index contributed by atoms with van der Waals surface area (Å²) in [6, 6.07) is 11.1. The van der Waals surface area contributed by atoms with Crippen molar-refractivity contribution in [3.05, 3.63) is 35.9 Å². The molecule has 1 aromatic carbocycles. The van der Waals surface area contributed by atoms with Crippen LogP contribution in [0.15, 0.2) is 30.3 Å². The molecule has 2 N–H and O–H groups in total. The monoisotopic (exact) mass is 191 g/mol. The molecule has 1 heteroatoms. The number of nitrogens with two attached hydrogens (primary N) is 1. The quantitative estimate of drug-likeness (QED) is 0.759. The average Bonchev–Trinajstić information content (AvgIpc) is 2.20. The van der Waals surface area contributed by atoms with E-state index >= 15 is 0 Å². The van der Waals surface area contributed by atoms with Gasteiger partial charge in [-0.05, 0) is 37.7 Å². The minimum Gasteiger partial charge on any atom is -0.328 e. The van der Waals surface area contributed by atoms with Gasteiger partial charge in [-0.2, -0.15) is 0 Å². The van der Waals surface area contributed by atoms with Crippen molar-refractivity contribution in [3.8, 4) is 0 Å². The van der Waals surface area contributed by atoms with Crippen molar-refractivity contribution in [2.75, 3.05) is 0 Å². The SMILES string of the molecule is CCC(CCC(C)N)c1ccccc1. The molecule has 0 amide bonds. The molecule has 1 aromatic rings. The summed E-state index contributed by atoms with van der Waals surface area (Å²) in [5.41, 5.74) is 7.23. The molecule has 0 aliphatic carbocycles. The Morgan fingerprint density at radius 2 is 1.79 bits per heavy atom. The lowest BCUT2D eigenvalue weighted by molar-refractivity contribution is 0.532. The lowest BCUT2D eigenvalue weighted by Gasteiger charge is -2.16. The van der Waals surface area contributed by atoms with Crippen LogP contribution in [0.25, 0.3) is 0 Å². The summed E-state index contributed by atoms with van der Waals surface area (Å²) in [4.78, 5) is 0. The van der Waals surface area contributed by atoms with Crippen LogP contribution in [-0.4, -0.2) is 6.04 Å². The van der Waals surface area contributed by atoms with Crippen molar-refractivity contribution in [1.82, 2.24) is 0 Å². The molecule has 0 heterocycles. The number of rotatable bonds is 5. The summed E-state index contributed by atoms with van der Waals surface area (Å²) in [7, 11) is 0. The van der Waals surface area contributed by atoms with E-state index in [1.165, 1.54) is 18.4 Å². The number of hydrogen-bond acceptors (Lipinski definition) is 1. The van der Waals surface area contributed by atoms with Crippen LogP contribution in [0.4, 0.5) is 0 Å². The highest BCUT2D eigenvalue weighted by Gasteiger charge is 2.09. The van der Waals surface area contributed by atoms with E-state index in [2.05, 4.69) is 44.2 Å². The Kier molecular flexibility index (Phi) is 4.68. The Hall–Kier alpha value is -0.820. The zero-order valence-corrected chi connectivity index (χ0v) is 9.24. The van der Waals surface area contributed by atoms with E-state index in [1.54, 1.807) is 0 Å². The van der Waals surface area contributed by atoms with Crippen LogP contribution in [0.2, 0.25) is 0 Å². The van der Waals surface area contributed by atoms with Crippen LogP contribution in [-0.2, 0) is 0 Å². The standard InChI is InChI=1S/C13H21N/c1-3-12(10-9-11(2)14)13-7-5-4-6-8-13/h4-8,11-12H,3,9-10,14H2,1-2H3. The first-order chi connectivity index (χ1) is 6.74. The first kappa shape index (κ1) is 11.3. The fourth-order valence-corrected chi connectivity index (χ4v) is 1.80. The molecule has 0 aliphatic rings. The largest absolute Gasteiger partial charge is 0.328 e. The molecule has 0 aliphatic heterocycles. The highest BCUT2D eigenvalue weighted by atomic mass is 14.6. The van der Waals surface area contributed by atoms with E-state index in [1.807, 2.05) is 0 Å². The van der Waals surface area contributed by atoms with Crippen LogP contribution >= 0.6 is 0 Å². The maximum absolute atomic E-state index is 5.77. The molecular weight excluding hydrogens is 170 g/mol. The van der Waals surface area contributed by atoms with Gasteiger partial charge in [0.1, 0.15) is 0 Å². The molecule has 14 heavy (non-hydrogen) atoms. The molecule has 2 unspecified atom stereocenters. The van der Waals surface area contributed by atoms with Gasteiger partial charge < -0.3 is 5.73 Å². The Labute approximate surface area is 87.3 Å². The summed E-state index contributed by atoms with van der Waals surface area (Å²) < 4.78 is 0. The molecule has 1 rings (SSSR count). The van der Waals surface area contributed by atoms with Crippen molar-refractivity contribution < 1.29 is 0 Å². The zero-order chi connectivity index (χ0) is 10.4. The second-order valence-corrected chi connectivity index (χ2v) is 4.07. The van der Waals surface area contributed by atoms with E-state index in [9.17, 15) is 0 Å². The van der Waals surface area contributed by atoms with Crippen LogP contribution < -0.4 is 5.73 Å². The van der Waals surface area contributed by atoms with Gasteiger partial charge >= 0.3 is 0 Å². The van der Waals surface area contributed by atoms with Gasteiger partial charge in [0.2, 0.25) is 0 Å². The molecule has 2 atom stereocenters. The zero-order valence-electron chi connectivity index (χ0n) is 9.24. The first-order valence-corrected chi connectivity index (χ1v) is 5.54. The molecule has 0 radical (unpaired) electrons. The van der Waals surface area contributed by atoms with Gasteiger partial charge in [-0.15, -0.1) is 0 Å². The Balaban J connectivity index is 2.54. The smallest absolute Gasteiger partial charge is 0.00106 e. The molecule has 0 saturated heterocycles. The summed E-state index contributed by atoms with van der Waals surface area (Å²) in [5, 5.41) is 0.